The highest BCUT2D eigenvalue weighted by molar-refractivity contribution is 9.11. The van der Waals surface area contributed by atoms with E-state index in [9.17, 15) is 5.11 Å². The van der Waals surface area contributed by atoms with Crippen LogP contribution in [0.5, 0.6) is 0 Å². The molecule has 0 amide bonds. The fourth-order valence-electron chi connectivity index (χ4n) is 1.59. The Kier molecular flexibility index (Phi) is 4.36. The van der Waals surface area contributed by atoms with Crippen molar-refractivity contribution in [1.29, 1.82) is 0 Å². The molecule has 0 bridgehead atoms. The van der Waals surface area contributed by atoms with Gasteiger partial charge in [-0.2, -0.15) is 0 Å². The number of aryl methyl sites for hydroxylation is 1. The Morgan fingerprint density at radius 1 is 1.29 bits per heavy atom. The zero-order chi connectivity index (χ0) is 12.4. The molecular weight excluding hydrogens is 366 g/mol. The number of hydrogen-bond donors (Lipinski definition) is 1. The van der Waals surface area contributed by atoms with Gasteiger partial charge in [0.25, 0.3) is 0 Å². The highest BCUT2D eigenvalue weighted by Crippen LogP contribution is 2.26. The molecular formula is C12H11Br2NOS. The molecule has 1 aromatic heterocycles. The molecule has 0 spiro atoms. The molecule has 0 aliphatic heterocycles. The number of hydrogen-bond acceptors (Lipinski definition) is 3. The van der Waals surface area contributed by atoms with E-state index in [0.717, 1.165) is 25.2 Å². The molecule has 1 N–H and O–H groups in total. The summed E-state index contributed by atoms with van der Waals surface area (Å²) >= 11 is 8.44. The van der Waals surface area contributed by atoms with Crippen molar-refractivity contribution in [3.8, 4) is 0 Å². The van der Waals surface area contributed by atoms with Gasteiger partial charge in [0.1, 0.15) is 0 Å². The standard InChI is InChI=1S/C12H11Br2NOS/c1-7-15-11(6-17-7)5-12(16)8-2-9(13)4-10(14)3-8/h2-4,6,12,16H,5H2,1H3. The summed E-state index contributed by atoms with van der Waals surface area (Å²) in [6.45, 7) is 1.97. The van der Waals surface area contributed by atoms with Gasteiger partial charge < -0.3 is 5.11 Å². The fourth-order valence-corrected chi connectivity index (χ4v) is 3.54. The maximum absolute atomic E-state index is 10.2. The second-order valence-corrected chi connectivity index (χ2v) is 6.67. The van der Waals surface area contributed by atoms with Gasteiger partial charge in [-0.05, 0) is 30.7 Å². The Labute approximate surface area is 121 Å². The normalized spacial score (nSPS) is 12.7. The summed E-state index contributed by atoms with van der Waals surface area (Å²) in [5, 5.41) is 13.2. The first kappa shape index (κ1) is 13.2. The Balaban J connectivity index is 2.16. The van der Waals surface area contributed by atoms with E-state index in [1.165, 1.54) is 0 Å². The SMILES string of the molecule is Cc1nc(CC(O)c2cc(Br)cc(Br)c2)cs1. The topological polar surface area (TPSA) is 33.1 Å². The molecule has 2 aromatic rings. The lowest BCUT2D eigenvalue weighted by Crippen LogP contribution is -2.02. The molecule has 5 heteroatoms. The molecule has 0 aliphatic carbocycles. The molecule has 0 radical (unpaired) electrons. The Bertz CT molecular complexity index is 507. The summed E-state index contributed by atoms with van der Waals surface area (Å²) < 4.78 is 1.91. The van der Waals surface area contributed by atoms with Crippen LogP contribution in [0.2, 0.25) is 0 Å². The van der Waals surface area contributed by atoms with Crippen LogP contribution in [0.15, 0.2) is 32.5 Å². The van der Waals surface area contributed by atoms with Gasteiger partial charge in [-0.1, -0.05) is 31.9 Å². The van der Waals surface area contributed by atoms with E-state index < -0.39 is 6.10 Å². The maximum atomic E-state index is 10.2. The highest BCUT2D eigenvalue weighted by atomic mass is 79.9. The minimum absolute atomic E-state index is 0.523. The minimum Gasteiger partial charge on any atom is -0.388 e. The van der Waals surface area contributed by atoms with Crippen LogP contribution in [0.25, 0.3) is 0 Å². The molecule has 2 nitrogen and oxygen atoms in total. The number of rotatable bonds is 3. The molecule has 17 heavy (non-hydrogen) atoms. The largest absolute Gasteiger partial charge is 0.388 e. The van der Waals surface area contributed by atoms with Crippen LogP contribution in [0.4, 0.5) is 0 Å². The molecule has 1 atom stereocenters. The van der Waals surface area contributed by atoms with Crippen molar-refractivity contribution in [3.05, 3.63) is 48.8 Å². The summed E-state index contributed by atoms with van der Waals surface area (Å²) in [5.41, 5.74) is 1.83. The number of halogens is 2. The first-order chi connectivity index (χ1) is 8.04. The Morgan fingerprint density at radius 2 is 1.94 bits per heavy atom. The van der Waals surface area contributed by atoms with E-state index in [1.807, 2.05) is 30.5 Å². The second kappa shape index (κ2) is 5.61. The van der Waals surface area contributed by atoms with Crippen LogP contribution in [0.3, 0.4) is 0 Å². The maximum Gasteiger partial charge on any atom is 0.0897 e. The minimum atomic E-state index is -0.523. The number of aliphatic hydroxyl groups excluding tert-OH is 1. The van der Waals surface area contributed by atoms with Gasteiger partial charge in [-0.25, -0.2) is 4.98 Å². The molecule has 0 saturated heterocycles. The number of aromatic nitrogens is 1. The van der Waals surface area contributed by atoms with E-state index in [1.54, 1.807) is 11.3 Å². The van der Waals surface area contributed by atoms with E-state index in [-0.39, 0.29) is 0 Å². The van der Waals surface area contributed by atoms with Gasteiger partial charge >= 0.3 is 0 Å². The highest BCUT2D eigenvalue weighted by Gasteiger charge is 2.11. The average Bonchev–Trinajstić information content (AvgIpc) is 2.62. The van der Waals surface area contributed by atoms with E-state index >= 15 is 0 Å². The van der Waals surface area contributed by atoms with Crippen LogP contribution in [-0.2, 0) is 6.42 Å². The third-order valence-electron chi connectivity index (χ3n) is 2.34. The van der Waals surface area contributed by atoms with Crippen LogP contribution in [0.1, 0.15) is 22.4 Å². The monoisotopic (exact) mass is 375 g/mol. The van der Waals surface area contributed by atoms with E-state index in [2.05, 4.69) is 36.8 Å². The zero-order valence-corrected chi connectivity index (χ0v) is 13.1. The van der Waals surface area contributed by atoms with Crippen LogP contribution < -0.4 is 0 Å². The summed E-state index contributed by atoms with van der Waals surface area (Å²) in [6, 6.07) is 5.80. The second-order valence-electron chi connectivity index (χ2n) is 3.78. The molecule has 2 rings (SSSR count). The molecule has 1 aromatic carbocycles. The summed E-state index contributed by atoms with van der Waals surface area (Å²) in [7, 11) is 0. The summed E-state index contributed by atoms with van der Waals surface area (Å²) in [6.07, 6.45) is 0.0260. The van der Waals surface area contributed by atoms with Gasteiger partial charge in [0, 0.05) is 20.7 Å². The van der Waals surface area contributed by atoms with Crippen LogP contribution >= 0.6 is 43.2 Å². The summed E-state index contributed by atoms with van der Waals surface area (Å²) in [5.74, 6) is 0. The van der Waals surface area contributed by atoms with Crippen LogP contribution in [0, 0.1) is 6.92 Å². The van der Waals surface area contributed by atoms with Gasteiger partial charge in [0.2, 0.25) is 0 Å². The first-order valence-corrected chi connectivity index (χ1v) is 7.56. The van der Waals surface area contributed by atoms with Gasteiger partial charge in [0.15, 0.2) is 0 Å². The van der Waals surface area contributed by atoms with Crippen LogP contribution in [-0.4, -0.2) is 10.1 Å². The fraction of sp³-hybridized carbons (Fsp3) is 0.250. The molecule has 90 valence electrons. The predicted octanol–water partition coefficient (Wildman–Crippen LogP) is 4.25. The Morgan fingerprint density at radius 3 is 2.47 bits per heavy atom. The molecule has 0 aliphatic rings. The molecule has 1 heterocycles. The third kappa shape index (κ3) is 3.61. The first-order valence-electron chi connectivity index (χ1n) is 5.09. The summed E-state index contributed by atoms with van der Waals surface area (Å²) in [4.78, 5) is 4.36. The zero-order valence-electron chi connectivity index (χ0n) is 9.15. The number of benzene rings is 1. The smallest absolute Gasteiger partial charge is 0.0897 e. The lowest BCUT2D eigenvalue weighted by atomic mass is 10.1. The molecule has 0 saturated carbocycles. The number of nitrogens with zero attached hydrogens (tertiary/aromatic N) is 1. The predicted molar refractivity (Wildman–Crippen MR) is 77.4 cm³/mol. The molecule has 0 fully saturated rings. The van der Waals surface area contributed by atoms with Crippen molar-refractivity contribution in [3.63, 3.8) is 0 Å². The van der Waals surface area contributed by atoms with Crippen molar-refractivity contribution in [1.82, 2.24) is 4.98 Å². The lowest BCUT2D eigenvalue weighted by molar-refractivity contribution is 0.177. The van der Waals surface area contributed by atoms with E-state index in [0.29, 0.717) is 6.42 Å². The van der Waals surface area contributed by atoms with Gasteiger partial charge in [-0.3, -0.25) is 0 Å². The van der Waals surface area contributed by atoms with Crippen molar-refractivity contribution in [2.75, 3.05) is 0 Å². The van der Waals surface area contributed by atoms with E-state index in [4.69, 9.17) is 0 Å². The van der Waals surface area contributed by atoms with Crippen molar-refractivity contribution in [2.45, 2.75) is 19.4 Å². The van der Waals surface area contributed by atoms with Gasteiger partial charge in [-0.15, -0.1) is 11.3 Å². The van der Waals surface area contributed by atoms with Crippen molar-refractivity contribution >= 4 is 43.2 Å². The van der Waals surface area contributed by atoms with Crippen molar-refractivity contribution < 1.29 is 5.11 Å². The Hall–Kier alpha value is -0.230. The quantitative estimate of drug-likeness (QED) is 0.868. The van der Waals surface area contributed by atoms with Crippen molar-refractivity contribution in [2.24, 2.45) is 0 Å². The number of aliphatic hydroxyl groups is 1. The average molecular weight is 377 g/mol. The number of thiazole rings is 1. The third-order valence-corrected chi connectivity index (χ3v) is 4.08. The lowest BCUT2D eigenvalue weighted by Gasteiger charge is -2.10. The van der Waals surface area contributed by atoms with Gasteiger partial charge in [0.05, 0.1) is 16.8 Å². The molecule has 1 unspecified atom stereocenters.